The van der Waals surface area contributed by atoms with Gasteiger partial charge in [0.2, 0.25) is 11.8 Å². The van der Waals surface area contributed by atoms with E-state index in [1.807, 2.05) is 0 Å². The Kier molecular flexibility index (Phi) is 7.15. The number of hydrogen-bond donors (Lipinski definition) is 3. The number of aromatic hydroxyl groups is 2. The van der Waals surface area contributed by atoms with Crippen LogP contribution in [0.4, 0.5) is 5.69 Å². The second-order valence-corrected chi connectivity index (χ2v) is 14.0. The zero-order valence-corrected chi connectivity index (χ0v) is 27.5. The molecule has 230 valence electrons. The zero-order chi connectivity index (χ0) is 32.2. The molecule has 2 saturated heterocycles. The van der Waals surface area contributed by atoms with Gasteiger partial charge in [-0.2, -0.15) is 0 Å². The van der Waals surface area contributed by atoms with Gasteiger partial charge in [0.1, 0.15) is 11.3 Å². The molecule has 3 N–H and O–H groups in total. The number of imide groups is 2. The quantitative estimate of drug-likeness (QED) is 0.231. The van der Waals surface area contributed by atoms with E-state index in [-0.39, 0.29) is 34.5 Å². The normalized spacial score (nSPS) is 31.1. The number of nitrogens with zero attached hydrogens (tertiary/aromatic N) is 2. The van der Waals surface area contributed by atoms with Crippen molar-refractivity contribution in [2.24, 2.45) is 17.8 Å². The Morgan fingerprint density at radius 1 is 1.02 bits per heavy atom. The van der Waals surface area contributed by atoms with Gasteiger partial charge in [-0.3, -0.25) is 24.1 Å². The number of phenolic OH excluding ortho intramolecular Hbond substituents is 1. The predicted molar refractivity (Wildman–Crippen MR) is 163 cm³/mol. The van der Waals surface area contributed by atoms with E-state index in [0.717, 1.165) is 21.9 Å². The fourth-order valence-electron chi connectivity index (χ4n) is 7.16. The van der Waals surface area contributed by atoms with Crippen molar-refractivity contribution in [3.8, 4) is 17.2 Å². The first-order valence-electron chi connectivity index (χ1n) is 13.2. The molecule has 6 rings (SSSR count). The van der Waals surface area contributed by atoms with E-state index in [4.69, 9.17) is 27.9 Å². The van der Waals surface area contributed by atoms with Crippen molar-refractivity contribution in [2.45, 2.75) is 28.5 Å². The summed E-state index contributed by atoms with van der Waals surface area (Å²) in [4.78, 5) is 64.3. The lowest BCUT2D eigenvalue weighted by Crippen LogP contribution is -2.60. The minimum Gasteiger partial charge on any atom is -0.507 e. The van der Waals surface area contributed by atoms with E-state index in [1.54, 1.807) is 6.08 Å². The maximum absolute atomic E-state index is 14.1. The van der Waals surface area contributed by atoms with Crippen LogP contribution in [0.15, 0.2) is 44.9 Å². The van der Waals surface area contributed by atoms with Crippen molar-refractivity contribution in [3.05, 3.63) is 56.0 Å². The van der Waals surface area contributed by atoms with Crippen LogP contribution in [-0.2, 0) is 19.2 Å². The minimum atomic E-state index is -2.05. The first-order valence-corrected chi connectivity index (χ1v) is 15.5. The molecule has 2 heterocycles. The number of alkyl halides is 2. The van der Waals surface area contributed by atoms with Crippen LogP contribution in [0, 0.1) is 17.8 Å². The van der Waals surface area contributed by atoms with Crippen LogP contribution in [0.25, 0.3) is 0 Å². The van der Waals surface area contributed by atoms with Gasteiger partial charge in [-0.05, 0) is 74.4 Å². The average molecular weight is 773 g/mol. The summed E-state index contributed by atoms with van der Waals surface area (Å²) in [5, 5.41) is 30.2. The molecule has 15 heteroatoms. The highest BCUT2D eigenvalue weighted by Gasteiger charge is 2.76. The number of methoxy groups -OCH3 is 1. The van der Waals surface area contributed by atoms with Gasteiger partial charge < -0.3 is 20.1 Å². The summed E-state index contributed by atoms with van der Waals surface area (Å²) in [7, 11) is 2.61. The minimum absolute atomic E-state index is 0.0140. The van der Waals surface area contributed by atoms with Crippen LogP contribution < -0.4 is 9.64 Å². The predicted octanol–water partition coefficient (Wildman–Crippen LogP) is 4.52. The highest BCUT2D eigenvalue weighted by molar-refractivity contribution is 9.13. The van der Waals surface area contributed by atoms with Gasteiger partial charge in [0.15, 0.2) is 21.2 Å². The second kappa shape index (κ2) is 10.2. The fourth-order valence-corrected chi connectivity index (χ4v) is 9.13. The molecule has 0 aromatic heterocycles. The first kappa shape index (κ1) is 30.9. The van der Waals surface area contributed by atoms with Crippen LogP contribution in [0.3, 0.4) is 0 Å². The molecule has 1 saturated carbocycles. The van der Waals surface area contributed by atoms with E-state index < -0.39 is 74.3 Å². The van der Waals surface area contributed by atoms with Gasteiger partial charge in [0.05, 0.1) is 29.1 Å². The number of ether oxygens (including phenoxy) is 1. The van der Waals surface area contributed by atoms with Crippen molar-refractivity contribution < 1.29 is 44.0 Å². The number of halogens is 4. The highest BCUT2D eigenvalue weighted by Crippen LogP contribution is 2.66. The van der Waals surface area contributed by atoms with E-state index in [2.05, 4.69) is 31.9 Å². The third-order valence-electron chi connectivity index (χ3n) is 9.19. The van der Waals surface area contributed by atoms with Crippen molar-refractivity contribution in [1.82, 2.24) is 4.90 Å². The van der Waals surface area contributed by atoms with Crippen molar-refractivity contribution in [1.29, 1.82) is 0 Å². The molecular weight excluding hydrogens is 751 g/mol. The van der Waals surface area contributed by atoms with Gasteiger partial charge in [-0.25, -0.2) is 9.69 Å². The van der Waals surface area contributed by atoms with E-state index >= 15 is 0 Å². The third kappa shape index (κ3) is 3.82. The molecule has 6 atom stereocenters. The summed E-state index contributed by atoms with van der Waals surface area (Å²) in [6, 6.07) is 4.86. The Morgan fingerprint density at radius 2 is 1.70 bits per heavy atom. The van der Waals surface area contributed by atoms with Crippen LogP contribution >= 0.6 is 55.1 Å². The van der Waals surface area contributed by atoms with Gasteiger partial charge in [-0.1, -0.05) is 11.6 Å². The second-order valence-electron chi connectivity index (χ2n) is 11.2. The molecule has 44 heavy (non-hydrogen) atoms. The lowest BCUT2D eigenvalue weighted by atomic mass is 9.56. The summed E-state index contributed by atoms with van der Waals surface area (Å²) in [5.41, 5.74) is 0.447. The van der Waals surface area contributed by atoms with E-state index in [9.17, 15) is 39.3 Å². The summed E-state index contributed by atoms with van der Waals surface area (Å²) >= 11 is 21.2. The molecule has 2 aromatic carbocycles. The molecule has 6 unspecified atom stereocenters. The SMILES string of the molecule is COc1cc(C2C3=CCC4C(=O)N(c5ccc(C(=O)O)c(O)c5)C(=O)C4C3CC3(Cl)C(=O)N(C)C(=O)C23Cl)c(Br)c(Br)c1O. The maximum Gasteiger partial charge on any atom is 0.339 e. The number of allylic oxidation sites excluding steroid dienone is 2. The lowest BCUT2D eigenvalue weighted by Gasteiger charge is -2.51. The number of rotatable bonds is 4. The third-order valence-corrected chi connectivity index (χ3v) is 12.8. The Bertz CT molecular complexity index is 1770. The molecule has 4 amide bonds. The fraction of sp³-hybridized carbons (Fsp3) is 0.345. The molecule has 11 nitrogen and oxygen atoms in total. The van der Waals surface area contributed by atoms with E-state index in [1.165, 1.54) is 26.3 Å². The number of hydrogen-bond acceptors (Lipinski definition) is 8. The molecular formula is C29H22Br2Cl2N2O9. The van der Waals surface area contributed by atoms with Gasteiger partial charge in [0.25, 0.3) is 11.8 Å². The van der Waals surface area contributed by atoms with Crippen molar-refractivity contribution in [3.63, 3.8) is 0 Å². The summed E-state index contributed by atoms with van der Waals surface area (Å²) < 4.78 is 5.86. The number of anilines is 1. The first-order chi connectivity index (χ1) is 20.6. The van der Waals surface area contributed by atoms with Gasteiger partial charge in [-0.15, -0.1) is 23.2 Å². The Hall–Kier alpha value is -3.13. The maximum atomic E-state index is 14.1. The smallest absolute Gasteiger partial charge is 0.339 e. The number of carbonyl (C=O) groups excluding carboxylic acids is 4. The molecule has 0 radical (unpaired) electrons. The summed E-state index contributed by atoms with van der Waals surface area (Å²) in [5.74, 6) is -8.72. The number of fused-ring (bicyclic) bond motifs is 4. The molecule has 4 aliphatic rings. The average Bonchev–Trinajstić information content (AvgIpc) is 3.31. The molecule has 2 aliphatic heterocycles. The van der Waals surface area contributed by atoms with E-state index in [0.29, 0.717) is 15.6 Å². The number of carboxylic acids is 1. The van der Waals surface area contributed by atoms with Gasteiger partial charge in [0, 0.05) is 23.5 Å². The van der Waals surface area contributed by atoms with Crippen LogP contribution in [0.5, 0.6) is 17.2 Å². The zero-order valence-electron chi connectivity index (χ0n) is 22.8. The lowest BCUT2D eigenvalue weighted by molar-refractivity contribution is -0.138. The number of carbonyl (C=O) groups is 5. The summed E-state index contributed by atoms with van der Waals surface area (Å²) in [6.45, 7) is 0. The highest BCUT2D eigenvalue weighted by atomic mass is 79.9. The number of aromatic carboxylic acids is 1. The number of benzene rings is 2. The Morgan fingerprint density at radius 3 is 2.32 bits per heavy atom. The number of phenols is 2. The topological polar surface area (TPSA) is 162 Å². The monoisotopic (exact) mass is 770 g/mol. The number of carboxylic acid groups (broad SMARTS) is 1. The van der Waals surface area contributed by atoms with Crippen LogP contribution in [-0.4, -0.2) is 73.7 Å². The molecule has 2 aliphatic carbocycles. The standard InChI is InChI=1S/C29H22Br2Cl2N2O9/c1-34-26(42)28(32)9-15-11(19(29(28,33)27(34)43)14-8-17(44-2)22(37)21(31)20(14)30)5-6-13-18(15)24(39)35(23(13)38)10-3-4-12(25(40)41)16(36)7-10/h3-5,7-8,13,15,18-19,36-37H,6,9H2,1-2H3,(H,40,41). The molecule has 2 aromatic rings. The van der Waals surface area contributed by atoms with Crippen LogP contribution in [0.2, 0.25) is 0 Å². The summed E-state index contributed by atoms with van der Waals surface area (Å²) in [6.07, 6.45) is 1.59. The van der Waals surface area contributed by atoms with Crippen LogP contribution in [0.1, 0.15) is 34.7 Å². The largest absolute Gasteiger partial charge is 0.507 e. The molecule has 0 bridgehead atoms. The Labute approximate surface area is 276 Å². The van der Waals surface area contributed by atoms with Crippen molar-refractivity contribution in [2.75, 3.05) is 19.1 Å². The molecule has 3 fully saturated rings. The number of likely N-dealkylation sites (tertiary alicyclic amines) is 1. The number of amides is 4. The van der Waals surface area contributed by atoms with Gasteiger partial charge >= 0.3 is 5.97 Å². The van der Waals surface area contributed by atoms with Crippen molar-refractivity contribution >= 4 is 90.3 Å². The molecule has 0 spiro atoms. The Balaban J connectivity index is 1.53.